The predicted molar refractivity (Wildman–Crippen MR) is 169 cm³/mol. The van der Waals surface area contributed by atoms with E-state index in [2.05, 4.69) is 96.0 Å². The lowest BCUT2D eigenvalue weighted by Crippen LogP contribution is -2.40. The van der Waals surface area contributed by atoms with Crippen molar-refractivity contribution in [2.24, 2.45) is 0 Å². The quantitative estimate of drug-likeness (QED) is 0.192. The maximum absolute atomic E-state index is 12.7. The van der Waals surface area contributed by atoms with Gasteiger partial charge in [-0.05, 0) is 71.8 Å². The van der Waals surface area contributed by atoms with Crippen LogP contribution in [-0.2, 0) is 9.53 Å². The van der Waals surface area contributed by atoms with Gasteiger partial charge in [0.1, 0.15) is 18.2 Å². The molecule has 7 rings (SSSR count). The van der Waals surface area contributed by atoms with Crippen LogP contribution in [0.2, 0.25) is 0 Å². The van der Waals surface area contributed by atoms with Crippen LogP contribution in [0.25, 0.3) is 44.4 Å². The normalized spacial score (nSPS) is 18.2. The molecular formula is C34H35N7O3. The molecule has 44 heavy (non-hydrogen) atoms. The molecule has 2 fully saturated rings. The molecule has 2 atom stereocenters. The molecule has 10 heteroatoms. The molecule has 0 bridgehead atoms. The van der Waals surface area contributed by atoms with Crippen LogP contribution < -0.4 is 10.6 Å². The van der Waals surface area contributed by atoms with E-state index in [-0.39, 0.29) is 18.5 Å². The van der Waals surface area contributed by atoms with Crippen molar-refractivity contribution in [3.8, 4) is 33.6 Å². The van der Waals surface area contributed by atoms with E-state index < -0.39 is 6.09 Å². The summed E-state index contributed by atoms with van der Waals surface area (Å²) in [6, 6.07) is 21.7. The first-order valence-corrected chi connectivity index (χ1v) is 15.2. The zero-order chi connectivity index (χ0) is 30.0. The van der Waals surface area contributed by atoms with Crippen molar-refractivity contribution in [2.75, 3.05) is 26.7 Å². The minimum atomic E-state index is -0.619. The molecule has 0 saturated carbocycles. The molecular weight excluding hydrogens is 554 g/mol. The van der Waals surface area contributed by atoms with Crippen LogP contribution in [0.3, 0.4) is 0 Å². The number of ether oxygens (including phenoxy) is 1. The molecule has 4 N–H and O–H groups in total. The zero-order valence-corrected chi connectivity index (χ0v) is 24.6. The number of aromatic nitrogens is 4. The number of nitrogens with one attached hydrogen (secondary N) is 4. The van der Waals surface area contributed by atoms with Gasteiger partial charge in [-0.15, -0.1) is 0 Å². The fourth-order valence-corrected chi connectivity index (χ4v) is 6.34. The van der Waals surface area contributed by atoms with Gasteiger partial charge in [0.25, 0.3) is 0 Å². The molecule has 2 saturated heterocycles. The third kappa shape index (κ3) is 5.56. The summed E-state index contributed by atoms with van der Waals surface area (Å²) in [7, 11) is 1.28. The second-order valence-electron chi connectivity index (χ2n) is 11.5. The third-order valence-electron chi connectivity index (χ3n) is 8.72. The number of H-pyrrole nitrogens is 2. The molecule has 3 aromatic carbocycles. The lowest BCUT2D eigenvalue weighted by Gasteiger charge is -2.23. The number of aromatic amines is 2. The number of fused-ring (bicyclic) bond motifs is 1. The molecule has 5 aromatic rings. The zero-order valence-electron chi connectivity index (χ0n) is 24.6. The summed E-state index contributed by atoms with van der Waals surface area (Å²) in [4.78, 5) is 42.0. The number of alkyl carbamates (subject to hydrolysis) is 1. The van der Waals surface area contributed by atoms with Gasteiger partial charge in [-0.1, -0.05) is 48.5 Å². The molecule has 2 unspecified atom stereocenters. The van der Waals surface area contributed by atoms with Gasteiger partial charge in [-0.3, -0.25) is 4.79 Å². The summed E-state index contributed by atoms with van der Waals surface area (Å²) >= 11 is 0. The number of imidazole rings is 2. The van der Waals surface area contributed by atoms with Gasteiger partial charge in [0.2, 0.25) is 5.91 Å². The number of benzene rings is 3. The van der Waals surface area contributed by atoms with Gasteiger partial charge < -0.3 is 30.2 Å². The Bertz CT molecular complexity index is 1800. The molecule has 0 radical (unpaired) electrons. The number of carbonyl (C=O) groups excluding carboxylic acids is 2. The fraction of sp³-hybridized carbons (Fsp3) is 0.294. The number of hydrogen-bond donors (Lipinski definition) is 4. The first-order chi connectivity index (χ1) is 21.6. The number of carbonyl (C=O) groups is 2. The smallest absolute Gasteiger partial charge is 0.407 e. The van der Waals surface area contributed by atoms with Gasteiger partial charge in [-0.2, -0.15) is 0 Å². The molecule has 0 aliphatic carbocycles. The van der Waals surface area contributed by atoms with E-state index in [1.54, 1.807) is 4.90 Å². The first-order valence-electron chi connectivity index (χ1n) is 15.2. The van der Waals surface area contributed by atoms with E-state index in [0.717, 1.165) is 71.1 Å². The monoisotopic (exact) mass is 589 g/mol. The fourth-order valence-electron chi connectivity index (χ4n) is 6.34. The third-order valence-corrected chi connectivity index (χ3v) is 8.72. The SMILES string of the molecule is COC(=O)NCC(=O)N1CCCC1c1ncc(-c2ccc(-c3ccc4cc(-c5cnc(C6CCCN6)[nH]5)ccc4c3)cc2)[nH]1. The number of methoxy groups -OCH3 is 1. The van der Waals surface area contributed by atoms with Crippen molar-refractivity contribution in [1.82, 2.24) is 35.5 Å². The van der Waals surface area contributed by atoms with Crippen molar-refractivity contribution < 1.29 is 14.3 Å². The highest BCUT2D eigenvalue weighted by molar-refractivity contribution is 5.90. The average molecular weight is 590 g/mol. The standard InChI is InChI=1S/C34H35N7O3/c1-44-34(43)38-20-31(42)41-15-3-5-30(41)33-37-18-28(40-33)22-8-6-21(7-9-22)23-10-11-25-17-26(13-12-24(25)16-23)29-19-36-32(39-29)27-4-2-14-35-27/h6-13,16-19,27,30,35H,2-5,14-15,20H2,1H3,(H,36,39)(H,37,40)(H,38,43). The van der Waals surface area contributed by atoms with Gasteiger partial charge in [0.05, 0.1) is 43.0 Å². The molecule has 2 aliphatic rings. The highest BCUT2D eigenvalue weighted by Gasteiger charge is 2.32. The van der Waals surface area contributed by atoms with E-state index in [4.69, 9.17) is 0 Å². The Morgan fingerprint density at radius 2 is 1.50 bits per heavy atom. The van der Waals surface area contributed by atoms with Crippen LogP contribution in [0.1, 0.15) is 49.4 Å². The largest absolute Gasteiger partial charge is 0.453 e. The number of hydrogen-bond acceptors (Lipinski definition) is 6. The Balaban J connectivity index is 1.04. The Morgan fingerprint density at radius 1 is 0.841 bits per heavy atom. The molecule has 0 spiro atoms. The predicted octanol–water partition coefficient (Wildman–Crippen LogP) is 5.73. The van der Waals surface area contributed by atoms with Crippen LogP contribution in [0, 0.1) is 0 Å². The Morgan fingerprint density at radius 3 is 2.25 bits per heavy atom. The van der Waals surface area contributed by atoms with Crippen molar-refractivity contribution in [1.29, 1.82) is 0 Å². The minimum absolute atomic E-state index is 0.0997. The van der Waals surface area contributed by atoms with Crippen LogP contribution in [0.5, 0.6) is 0 Å². The summed E-state index contributed by atoms with van der Waals surface area (Å²) in [6.07, 6.45) is 7.15. The second kappa shape index (κ2) is 12.0. The Kier molecular flexibility index (Phi) is 7.57. The lowest BCUT2D eigenvalue weighted by molar-refractivity contribution is -0.131. The van der Waals surface area contributed by atoms with Crippen LogP contribution in [0.15, 0.2) is 73.1 Å². The van der Waals surface area contributed by atoms with Gasteiger partial charge in [-0.25, -0.2) is 14.8 Å². The molecule has 10 nitrogen and oxygen atoms in total. The maximum Gasteiger partial charge on any atom is 0.407 e. The van der Waals surface area contributed by atoms with E-state index in [1.165, 1.54) is 24.3 Å². The lowest BCUT2D eigenvalue weighted by atomic mass is 9.98. The summed E-state index contributed by atoms with van der Waals surface area (Å²) in [6.45, 7) is 1.58. The number of rotatable bonds is 7. The van der Waals surface area contributed by atoms with E-state index >= 15 is 0 Å². The molecule has 2 amide bonds. The van der Waals surface area contributed by atoms with Gasteiger partial charge in [0, 0.05) is 12.1 Å². The number of nitrogens with zero attached hydrogens (tertiary/aromatic N) is 3. The van der Waals surface area contributed by atoms with Crippen molar-refractivity contribution in [3.05, 3.63) is 84.7 Å². The highest BCUT2D eigenvalue weighted by Crippen LogP contribution is 2.33. The Hall–Kier alpha value is -4.96. The van der Waals surface area contributed by atoms with Crippen LogP contribution >= 0.6 is 0 Å². The van der Waals surface area contributed by atoms with Crippen molar-refractivity contribution in [3.63, 3.8) is 0 Å². The molecule has 4 heterocycles. The maximum atomic E-state index is 12.7. The van der Waals surface area contributed by atoms with Crippen LogP contribution in [0.4, 0.5) is 4.79 Å². The Labute approximate surface area is 255 Å². The first kappa shape index (κ1) is 27.8. The summed E-state index contributed by atoms with van der Waals surface area (Å²) in [5, 5.41) is 8.34. The summed E-state index contributed by atoms with van der Waals surface area (Å²) in [5.41, 5.74) is 6.38. The van der Waals surface area contributed by atoms with E-state index in [9.17, 15) is 9.59 Å². The van der Waals surface area contributed by atoms with Crippen molar-refractivity contribution >= 4 is 22.8 Å². The summed E-state index contributed by atoms with van der Waals surface area (Å²) < 4.78 is 4.57. The van der Waals surface area contributed by atoms with Crippen molar-refractivity contribution in [2.45, 2.75) is 37.8 Å². The molecule has 2 aromatic heterocycles. The van der Waals surface area contributed by atoms with Crippen LogP contribution in [-0.4, -0.2) is 63.6 Å². The second-order valence-corrected chi connectivity index (χ2v) is 11.5. The van der Waals surface area contributed by atoms with E-state index in [0.29, 0.717) is 12.6 Å². The highest BCUT2D eigenvalue weighted by atomic mass is 16.5. The number of likely N-dealkylation sites (tertiary alicyclic amines) is 1. The average Bonchev–Trinajstić information content (AvgIpc) is 3.89. The van der Waals surface area contributed by atoms with Gasteiger partial charge >= 0.3 is 6.09 Å². The summed E-state index contributed by atoms with van der Waals surface area (Å²) in [5.74, 6) is 1.62. The van der Waals surface area contributed by atoms with Gasteiger partial charge in [0.15, 0.2) is 0 Å². The number of amides is 2. The molecule has 224 valence electrons. The minimum Gasteiger partial charge on any atom is -0.453 e. The topological polar surface area (TPSA) is 128 Å². The van der Waals surface area contributed by atoms with E-state index in [1.807, 2.05) is 12.4 Å². The molecule has 2 aliphatic heterocycles.